The van der Waals surface area contributed by atoms with Crippen molar-refractivity contribution in [3.05, 3.63) is 75.3 Å². The van der Waals surface area contributed by atoms with Crippen LogP contribution in [0.5, 0.6) is 0 Å². The van der Waals surface area contributed by atoms with Crippen LogP contribution < -0.4 is 10.9 Å². The molecule has 0 bridgehead atoms. The van der Waals surface area contributed by atoms with Crippen molar-refractivity contribution in [1.82, 2.24) is 19.6 Å². The van der Waals surface area contributed by atoms with Crippen molar-refractivity contribution < 1.29 is 0 Å². The number of fused-ring (bicyclic) bond motifs is 1. The van der Waals surface area contributed by atoms with E-state index in [1.165, 1.54) is 34.2 Å². The van der Waals surface area contributed by atoms with Crippen molar-refractivity contribution in [2.45, 2.75) is 30.9 Å². The highest BCUT2D eigenvalue weighted by Crippen LogP contribution is 2.30. The third-order valence-corrected chi connectivity index (χ3v) is 6.46. The number of nitrogens with zero attached hydrogens (tertiary/aromatic N) is 4. The minimum atomic E-state index is -0.0705. The molecule has 0 aliphatic carbocycles. The molecule has 0 saturated carbocycles. The van der Waals surface area contributed by atoms with E-state index in [1.807, 2.05) is 31.2 Å². The van der Waals surface area contributed by atoms with Gasteiger partial charge in [-0.25, -0.2) is 4.98 Å². The Morgan fingerprint density at radius 3 is 2.86 bits per heavy atom. The standard InChI is InChI=1S/C20H19N5OS2/c1-12-7-8-17-21-15(9-18(26)25(17)10-12)11-27-20-24-23-19(28-20)22-16-6-4-5-13(2)14(16)3/h4-10H,11H2,1-3H3,(H,22,23). The summed E-state index contributed by atoms with van der Waals surface area (Å²) in [4.78, 5) is 16.9. The Kier molecular flexibility index (Phi) is 5.15. The van der Waals surface area contributed by atoms with E-state index in [4.69, 9.17) is 0 Å². The molecule has 0 aliphatic rings. The van der Waals surface area contributed by atoms with E-state index in [-0.39, 0.29) is 5.56 Å². The van der Waals surface area contributed by atoms with Gasteiger partial charge in [0, 0.05) is 23.7 Å². The van der Waals surface area contributed by atoms with Gasteiger partial charge >= 0.3 is 0 Å². The molecule has 1 aromatic carbocycles. The lowest BCUT2D eigenvalue weighted by Crippen LogP contribution is -2.15. The van der Waals surface area contributed by atoms with Crippen molar-refractivity contribution in [3.8, 4) is 0 Å². The van der Waals surface area contributed by atoms with Crippen LogP contribution in [0, 0.1) is 20.8 Å². The van der Waals surface area contributed by atoms with Gasteiger partial charge in [0.1, 0.15) is 5.65 Å². The zero-order valence-electron chi connectivity index (χ0n) is 15.8. The summed E-state index contributed by atoms with van der Waals surface area (Å²) in [5, 5.41) is 12.5. The van der Waals surface area contributed by atoms with E-state index in [1.54, 1.807) is 16.7 Å². The van der Waals surface area contributed by atoms with Crippen LogP contribution in [-0.4, -0.2) is 19.6 Å². The second-order valence-electron chi connectivity index (χ2n) is 6.55. The molecule has 28 heavy (non-hydrogen) atoms. The third-order valence-electron chi connectivity index (χ3n) is 4.46. The lowest BCUT2D eigenvalue weighted by atomic mass is 10.1. The lowest BCUT2D eigenvalue weighted by Gasteiger charge is -2.08. The highest BCUT2D eigenvalue weighted by molar-refractivity contribution is 8.00. The SMILES string of the molecule is Cc1ccc2nc(CSc3nnc(Nc4cccc(C)c4C)s3)cc(=O)n2c1. The molecule has 0 spiro atoms. The Labute approximate surface area is 170 Å². The Bertz CT molecular complexity index is 1210. The van der Waals surface area contributed by atoms with Crippen LogP contribution in [0.3, 0.4) is 0 Å². The molecule has 0 unspecified atom stereocenters. The van der Waals surface area contributed by atoms with E-state index in [9.17, 15) is 4.79 Å². The van der Waals surface area contributed by atoms with E-state index in [0.29, 0.717) is 11.4 Å². The summed E-state index contributed by atoms with van der Waals surface area (Å²) in [6.45, 7) is 6.12. The van der Waals surface area contributed by atoms with E-state index in [2.05, 4.69) is 40.4 Å². The number of hydrogen-bond donors (Lipinski definition) is 1. The number of aryl methyl sites for hydroxylation is 2. The summed E-state index contributed by atoms with van der Waals surface area (Å²) in [6.07, 6.45) is 1.80. The van der Waals surface area contributed by atoms with Gasteiger partial charge in [0.05, 0.1) is 5.69 Å². The number of nitrogens with one attached hydrogen (secondary N) is 1. The first kappa shape index (κ1) is 18.6. The van der Waals surface area contributed by atoms with Crippen molar-refractivity contribution in [3.63, 3.8) is 0 Å². The van der Waals surface area contributed by atoms with Gasteiger partial charge in [0.2, 0.25) is 5.13 Å². The van der Waals surface area contributed by atoms with E-state index >= 15 is 0 Å². The minimum Gasteiger partial charge on any atom is -0.330 e. The average Bonchev–Trinajstić information content (AvgIpc) is 3.12. The predicted octanol–water partition coefficient (Wildman–Crippen LogP) is 4.51. The normalized spacial score (nSPS) is 11.1. The van der Waals surface area contributed by atoms with Gasteiger partial charge in [0.15, 0.2) is 4.34 Å². The monoisotopic (exact) mass is 409 g/mol. The smallest absolute Gasteiger partial charge is 0.258 e. The minimum absolute atomic E-state index is 0.0705. The van der Waals surface area contributed by atoms with Gasteiger partial charge in [0.25, 0.3) is 5.56 Å². The molecular formula is C20H19N5OS2. The largest absolute Gasteiger partial charge is 0.330 e. The third kappa shape index (κ3) is 3.93. The number of benzene rings is 1. The fraction of sp³-hybridized carbons (Fsp3) is 0.200. The number of hydrogen-bond acceptors (Lipinski definition) is 7. The fourth-order valence-electron chi connectivity index (χ4n) is 2.79. The molecule has 4 rings (SSSR count). The van der Waals surface area contributed by atoms with Crippen LogP contribution in [0.4, 0.5) is 10.8 Å². The molecule has 1 N–H and O–H groups in total. The van der Waals surface area contributed by atoms with Crippen molar-refractivity contribution in [1.29, 1.82) is 0 Å². The molecule has 0 radical (unpaired) electrons. The summed E-state index contributed by atoms with van der Waals surface area (Å²) in [7, 11) is 0. The Hall–Kier alpha value is -2.71. The first-order chi connectivity index (χ1) is 13.5. The molecule has 0 fully saturated rings. The van der Waals surface area contributed by atoms with Crippen LogP contribution in [0.1, 0.15) is 22.4 Å². The second-order valence-corrected chi connectivity index (χ2v) is 8.75. The molecule has 3 aromatic heterocycles. The summed E-state index contributed by atoms with van der Waals surface area (Å²) >= 11 is 3.02. The lowest BCUT2D eigenvalue weighted by molar-refractivity contribution is 0.995. The van der Waals surface area contributed by atoms with Gasteiger partial charge in [-0.15, -0.1) is 10.2 Å². The predicted molar refractivity (Wildman–Crippen MR) is 115 cm³/mol. The molecule has 142 valence electrons. The van der Waals surface area contributed by atoms with Crippen molar-refractivity contribution in [2.24, 2.45) is 0 Å². The van der Waals surface area contributed by atoms with Gasteiger partial charge < -0.3 is 5.32 Å². The molecule has 8 heteroatoms. The number of pyridine rings is 1. The van der Waals surface area contributed by atoms with E-state index in [0.717, 1.165) is 26.4 Å². The molecule has 6 nitrogen and oxygen atoms in total. The summed E-state index contributed by atoms with van der Waals surface area (Å²) in [6, 6.07) is 11.5. The quantitative estimate of drug-likeness (QED) is 0.489. The van der Waals surface area contributed by atoms with Gasteiger partial charge in [-0.3, -0.25) is 9.20 Å². The summed E-state index contributed by atoms with van der Waals surface area (Å²) < 4.78 is 2.40. The van der Waals surface area contributed by atoms with Gasteiger partial charge in [-0.05, 0) is 49.6 Å². The van der Waals surface area contributed by atoms with Crippen molar-refractivity contribution >= 4 is 39.6 Å². The van der Waals surface area contributed by atoms with Crippen molar-refractivity contribution in [2.75, 3.05) is 5.32 Å². The summed E-state index contributed by atoms with van der Waals surface area (Å²) in [5.41, 5.74) is 5.81. The second kappa shape index (κ2) is 7.73. The maximum Gasteiger partial charge on any atom is 0.258 e. The molecule has 0 atom stereocenters. The maximum atomic E-state index is 12.3. The Balaban J connectivity index is 1.47. The molecule has 0 saturated heterocycles. The zero-order valence-corrected chi connectivity index (χ0v) is 17.4. The zero-order chi connectivity index (χ0) is 19.7. The van der Waals surface area contributed by atoms with Crippen LogP contribution >= 0.6 is 23.1 Å². The maximum absolute atomic E-state index is 12.3. The van der Waals surface area contributed by atoms with E-state index < -0.39 is 0 Å². The summed E-state index contributed by atoms with van der Waals surface area (Å²) in [5.74, 6) is 0.567. The topological polar surface area (TPSA) is 72.2 Å². The molecule has 0 aliphatic heterocycles. The highest BCUT2D eigenvalue weighted by atomic mass is 32.2. The first-order valence-corrected chi connectivity index (χ1v) is 10.6. The number of rotatable bonds is 5. The molecule has 3 heterocycles. The number of thioether (sulfide) groups is 1. The number of anilines is 2. The molecular weight excluding hydrogens is 390 g/mol. The van der Waals surface area contributed by atoms with Gasteiger partial charge in [-0.2, -0.15) is 0 Å². The highest BCUT2D eigenvalue weighted by Gasteiger charge is 2.09. The molecule has 0 amide bonds. The van der Waals surface area contributed by atoms with Crippen LogP contribution in [0.2, 0.25) is 0 Å². The Morgan fingerprint density at radius 1 is 1.14 bits per heavy atom. The number of aromatic nitrogens is 4. The van der Waals surface area contributed by atoms with Crippen LogP contribution in [0.15, 0.2) is 51.7 Å². The van der Waals surface area contributed by atoms with Gasteiger partial charge in [-0.1, -0.05) is 41.3 Å². The first-order valence-electron chi connectivity index (χ1n) is 8.78. The Morgan fingerprint density at radius 2 is 2.00 bits per heavy atom. The fourth-order valence-corrected chi connectivity index (χ4v) is 4.44. The van der Waals surface area contributed by atoms with Crippen LogP contribution in [-0.2, 0) is 5.75 Å². The van der Waals surface area contributed by atoms with Crippen LogP contribution in [0.25, 0.3) is 5.65 Å². The molecule has 4 aromatic rings. The average molecular weight is 410 g/mol.